The molecule has 2 aromatic rings. The van der Waals surface area contributed by atoms with Gasteiger partial charge in [-0.25, -0.2) is 0 Å². The molecule has 2 rings (SSSR count). The van der Waals surface area contributed by atoms with Crippen LogP contribution in [0.5, 0.6) is 0 Å². The lowest BCUT2D eigenvalue weighted by atomic mass is 9.99. The first kappa shape index (κ1) is 19.1. The minimum atomic E-state index is -0.541. The zero-order chi connectivity index (χ0) is 18.4. The Hall–Kier alpha value is -2.21. The van der Waals surface area contributed by atoms with Crippen LogP contribution in [0.3, 0.4) is 0 Å². The van der Waals surface area contributed by atoms with Gasteiger partial charge < -0.3 is 15.7 Å². The van der Waals surface area contributed by atoms with Crippen molar-refractivity contribution in [2.45, 2.75) is 20.0 Å². The molecule has 0 fully saturated rings. The highest BCUT2D eigenvalue weighted by atomic mass is 35.5. The second-order valence-corrected chi connectivity index (χ2v) is 6.30. The number of halogens is 1. The second kappa shape index (κ2) is 8.76. The lowest BCUT2D eigenvalue weighted by Gasteiger charge is -2.15. The predicted molar refractivity (Wildman–Crippen MR) is 99.2 cm³/mol. The number of aryl methyl sites for hydroxylation is 1. The van der Waals surface area contributed by atoms with Gasteiger partial charge in [0.25, 0.3) is 0 Å². The van der Waals surface area contributed by atoms with Gasteiger partial charge in [-0.1, -0.05) is 41.9 Å². The molecule has 2 aromatic carbocycles. The van der Waals surface area contributed by atoms with E-state index < -0.39 is 6.10 Å². The van der Waals surface area contributed by atoms with Crippen LogP contribution in [-0.4, -0.2) is 36.0 Å². The van der Waals surface area contributed by atoms with Gasteiger partial charge in [-0.05, 0) is 31.5 Å². The summed E-state index contributed by atoms with van der Waals surface area (Å²) in [6.07, 6.45) is -0.541. The Balaban J connectivity index is 2.25. The third kappa shape index (κ3) is 5.39. The minimum Gasteiger partial charge on any atom is -0.392 e. The molecule has 3 N–H and O–H groups in total. The number of hydrogen-bond acceptors (Lipinski definition) is 4. The number of aliphatic hydroxyl groups excluding tert-OH is 1. The van der Waals surface area contributed by atoms with E-state index in [4.69, 9.17) is 11.6 Å². The van der Waals surface area contributed by atoms with Crippen molar-refractivity contribution >= 4 is 29.0 Å². The Labute approximate surface area is 152 Å². The monoisotopic (exact) mass is 360 g/mol. The number of ketones is 1. The summed E-state index contributed by atoms with van der Waals surface area (Å²) in [5, 5.41) is 15.3. The fourth-order valence-corrected chi connectivity index (χ4v) is 2.68. The number of nitrogens with one attached hydrogen (secondary N) is 2. The smallest absolute Gasteiger partial charge is 0.238 e. The predicted octanol–water partition coefficient (Wildman–Crippen LogP) is 2.79. The molecule has 0 aliphatic carbocycles. The van der Waals surface area contributed by atoms with Gasteiger partial charge in [-0.2, -0.15) is 0 Å². The first-order valence-corrected chi connectivity index (χ1v) is 8.35. The third-order valence-electron chi connectivity index (χ3n) is 3.57. The zero-order valence-electron chi connectivity index (χ0n) is 14.2. The van der Waals surface area contributed by atoms with Crippen LogP contribution in [0.15, 0.2) is 42.5 Å². The molecule has 0 aromatic heterocycles. The van der Waals surface area contributed by atoms with Crippen molar-refractivity contribution in [2.75, 3.05) is 18.4 Å². The van der Waals surface area contributed by atoms with Crippen LogP contribution >= 0.6 is 11.6 Å². The molecule has 0 saturated carbocycles. The number of carbonyl (C=O) groups excluding carboxylic acids is 2. The van der Waals surface area contributed by atoms with Crippen molar-refractivity contribution in [2.24, 2.45) is 0 Å². The second-order valence-electron chi connectivity index (χ2n) is 5.87. The van der Waals surface area contributed by atoms with E-state index in [9.17, 15) is 14.7 Å². The Kier molecular flexibility index (Phi) is 6.70. The molecule has 0 spiro atoms. The van der Waals surface area contributed by atoms with E-state index in [2.05, 4.69) is 10.6 Å². The lowest BCUT2D eigenvalue weighted by molar-refractivity contribution is -0.115. The van der Waals surface area contributed by atoms with E-state index in [1.54, 1.807) is 50.2 Å². The fraction of sp³-hybridized carbons (Fsp3) is 0.263. The highest BCUT2D eigenvalue weighted by Crippen LogP contribution is 2.27. The molecular formula is C19H21ClN2O3. The van der Waals surface area contributed by atoms with Crippen LogP contribution < -0.4 is 10.6 Å². The van der Waals surface area contributed by atoms with Crippen molar-refractivity contribution in [3.63, 3.8) is 0 Å². The summed E-state index contributed by atoms with van der Waals surface area (Å²) in [6, 6.07) is 12.1. The van der Waals surface area contributed by atoms with Gasteiger partial charge >= 0.3 is 0 Å². The quantitative estimate of drug-likeness (QED) is 0.663. The summed E-state index contributed by atoms with van der Waals surface area (Å²) < 4.78 is 0. The molecule has 0 heterocycles. The fourth-order valence-electron chi connectivity index (χ4n) is 2.41. The van der Waals surface area contributed by atoms with Gasteiger partial charge in [0.2, 0.25) is 5.91 Å². The van der Waals surface area contributed by atoms with Crippen LogP contribution in [0.25, 0.3) is 0 Å². The summed E-state index contributed by atoms with van der Waals surface area (Å²) in [6.45, 7) is 3.76. The van der Waals surface area contributed by atoms with Crippen molar-refractivity contribution in [1.29, 1.82) is 0 Å². The number of anilines is 1. The SMILES string of the molecule is Cc1cc(Cl)cc(C(=O)c2ccccc2)c1NC(=O)CNCC(C)O. The number of rotatable bonds is 7. The summed E-state index contributed by atoms with van der Waals surface area (Å²) in [5.74, 6) is -0.508. The Morgan fingerprint density at radius 2 is 1.88 bits per heavy atom. The Morgan fingerprint density at radius 1 is 1.20 bits per heavy atom. The van der Waals surface area contributed by atoms with Crippen molar-refractivity contribution in [3.05, 3.63) is 64.2 Å². The Bertz CT molecular complexity index is 761. The van der Waals surface area contributed by atoms with E-state index >= 15 is 0 Å². The number of hydrogen-bond donors (Lipinski definition) is 3. The molecule has 132 valence electrons. The molecule has 1 amide bonds. The van der Waals surface area contributed by atoms with Crippen molar-refractivity contribution in [3.8, 4) is 0 Å². The average Bonchev–Trinajstić information content (AvgIpc) is 2.57. The van der Waals surface area contributed by atoms with Crippen LogP contribution in [0, 0.1) is 6.92 Å². The molecule has 0 radical (unpaired) electrons. The molecule has 0 aliphatic rings. The minimum absolute atomic E-state index is 0.0337. The summed E-state index contributed by atoms with van der Waals surface area (Å²) in [5.41, 5.74) is 2.02. The van der Waals surface area contributed by atoms with Gasteiger partial charge in [0.1, 0.15) is 0 Å². The molecular weight excluding hydrogens is 340 g/mol. The number of benzene rings is 2. The highest BCUT2D eigenvalue weighted by molar-refractivity contribution is 6.31. The maximum Gasteiger partial charge on any atom is 0.238 e. The molecule has 1 atom stereocenters. The highest BCUT2D eigenvalue weighted by Gasteiger charge is 2.18. The van der Waals surface area contributed by atoms with E-state index in [1.165, 1.54) is 0 Å². The van der Waals surface area contributed by atoms with E-state index in [1.807, 2.05) is 6.07 Å². The summed E-state index contributed by atoms with van der Waals surface area (Å²) >= 11 is 6.10. The lowest BCUT2D eigenvalue weighted by Crippen LogP contribution is -2.33. The number of carbonyl (C=O) groups is 2. The molecule has 25 heavy (non-hydrogen) atoms. The number of amides is 1. The van der Waals surface area contributed by atoms with Crippen molar-refractivity contribution < 1.29 is 14.7 Å². The van der Waals surface area contributed by atoms with Crippen LogP contribution in [0.2, 0.25) is 5.02 Å². The standard InChI is InChI=1S/C19H21ClN2O3/c1-12-8-15(20)9-16(19(25)14-6-4-3-5-7-14)18(12)22-17(24)11-21-10-13(2)23/h3-9,13,21,23H,10-11H2,1-2H3,(H,22,24). The van der Waals surface area contributed by atoms with Crippen molar-refractivity contribution in [1.82, 2.24) is 5.32 Å². The van der Waals surface area contributed by atoms with Crippen LogP contribution in [0.1, 0.15) is 28.4 Å². The largest absolute Gasteiger partial charge is 0.392 e. The average molecular weight is 361 g/mol. The first-order chi connectivity index (χ1) is 11.9. The normalized spacial score (nSPS) is 11.8. The third-order valence-corrected chi connectivity index (χ3v) is 3.79. The summed E-state index contributed by atoms with van der Waals surface area (Å²) in [7, 11) is 0. The van der Waals surface area contributed by atoms with E-state index in [-0.39, 0.29) is 18.2 Å². The summed E-state index contributed by atoms with van der Waals surface area (Å²) in [4.78, 5) is 24.9. The molecule has 0 saturated heterocycles. The molecule has 6 heteroatoms. The van der Waals surface area contributed by atoms with Gasteiger partial charge in [-0.15, -0.1) is 0 Å². The van der Waals surface area contributed by atoms with Gasteiger partial charge in [0, 0.05) is 22.7 Å². The first-order valence-electron chi connectivity index (χ1n) is 7.97. The van der Waals surface area contributed by atoms with E-state index in [0.717, 1.165) is 0 Å². The Morgan fingerprint density at radius 3 is 2.52 bits per heavy atom. The maximum absolute atomic E-state index is 12.8. The zero-order valence-corrected chi connectivity index (χ0v) is 14.9. The molecule has 0 aliphatic heterocycles. The molecule has 1 unspecified atom stereocenters. The van der Waals surface area contributed by atoms with Gasteiger partial charge in [-0.3, -0.25) is 9.59 Å². The molecule has 0 bridgehead atoms. The van der Waals surface area contributed by atoms with Crippen LogP contribution in [-0.2, 0) is 4.79 Å². The maximum atomic E-state index is 12.8. The van der Waals surface area contributed by atoms with E-state index in [0.29, 0.717) is 33.9 Å². The van der Waals surface area contributed by atoms with Gasteiger partial charge in [0.15, 0.2) is 5.78 Å². The van der Waals surface area contributed by atoms with Crippen LogP contribution in [0.4, 0.5) is 5.69 Å². The van der Waals surface area contributed by atoms with Gasteiger partial charge in [0.05, 0.1) is 18.3 Å². The topological polar surface area (TPSA) is 78.4 Å². The molecule has 5 nitrogen and oxygen atoms in total. The number of aliphatic hydroxyl groups is 1.